The second-order valence-electron chi connectivity index (χ2n) is 4.03. The minimum atomic E-state index is 0.118. The molecule has 1 aromatic carbocycles. The van der Waals surface area contributed by atoms with Crippen molar-refractivity contribution < 1.29 is 9.53 Å². The molecule has 1 fully saturated rings. The Morgan fingerprint density at radius 2 is 2.19 bits per heavy atom. The number of amides is 1. The zero-order valence-electron chi connectivity index (χ0n) is 9.82. The van der Waals surface area contributed by atoms with Gasteiger partial charge in [-0.1, -0.05) is 13.0 Å². The zero-order valence-corrected chi connectivity index (χ0v) is 9.82. The number of carbonyl (C=O) groups is 1. The summed E-state index contributed by atoms with van der Waals surface area (Å²) in [4.78, 5) is 13.8. The molecule has 1 amide bonds. The van der Waals surface area contributed by atoms with Crippen LogP contribution in [-0.2, 0) is 6.42 Å². The predicted octanol–water partition coefficient (Wildman–Crippen LogP) is 2.10. The molecule has 0 unspecified atom stereocenters. The van der Waals surface area contributed by atoms with Crippen molar-refractivity contribution in [3.8, 4) is 5.75 Å². The highest BCUT2D eigenvalue weighted by molar-refractivity contribution is 5.95. The number of carbonyl (C=O) groups excluding carboxylic acids is 1. The lowest BCUT2D eigenvalue weighted by Gasteiger charge is -2.31. The SMILES string of the molecule is CCc1ccc(C(=O)N2CCC2)cc1OC. The Morgan fingerprint density at radius 1 is 1.44 bits per heavy atom. The molecule has 1 saturated heterocycles. The van der Waals surface area contributed by atoms with Gasteiger partial charge in [0.1, 0.15) is 5.75 Å². The highest BCUT2D eigenvalue weighted by atomic mass is 16.5. The summed E-state index contributed by atoms with van der Waals surface area (Å²) >= 11 is 0. The van der Waals surface area contributed by atoms with E-state index >= 15 is 0 Å². The lowest BCUT2D eigenvalue weighted by atomic mass is 10.1. The van der Waals surface area contributed by atoms with Crippen molar-refractivity contribution in [2.45, 2.75) is 19.8 Å². The molecule has 1 aliphatic rings. The summed E-state index contributed by atoms with van der Waals surface area (Å²) in [5, 5.41) is 0. The van der Waals surface area contributed by atoms with Gasteiger partial charge in [-0.05, 0) is 30.5 Å². The van der Waals surface area contributed by atoms with E-state index in [1.807, 2.05) is 23.1 Å². The largest absolute Gasteiger partial charge is 0.496 e. The average Bonchev–Trinajstić information content (AvgIpc) is 2.25. The topological polar surface area (TPSA) is 29.5 Å². The van der Waals surface area contributed by atoms with Crippen LogP contribution >= 0.6 is 0 Å². The maximum absolute atomic E-state index is 12.0. The van der Waals surface area contributed by atoms with Crippen molar-refractivity contribution >= 4 is 5.91 Å². The number of benzene rings is 1. The summed E-state index contributed by atoms with van der Waals surface area (Å²) in [6.45, 7) is 3.85. The Balaban J connectivity index is 2.24. The first kappa shape index (κ1) is 11.0. The van der Waals surface area contributed by atoms with Crippen molar-refractivity contribution in [1.82, 2.24) is 4.90 Å². The molecule has 1 heterocycles. The number of methoxy groups -OCH3 is 1. The van der Waals surface area contributed by atoms with Crippen LogP contribution in [0.2, 0.25) is 0 Å². The van der Waals surface area contributed by atoms with E-state index in [0.29, 0.717) is 0 Å². The highest BCUT2D eigenvalue weighted by Crippen LogP contribution is 2.22. The minimum absolute atomic E-state index is 0.118. The monoisotopic (exact) mass is 219 g/mol. The molecule has 86 valence electrons. The first-order valence-corrected chi connectivity index (χ1v) is 5.72. The van der Waals surface area contributed by atoms with Crippen molar-refractivity contribution in [2.75, 3.05) is 20.2 Å². The Morgan fingerprint density at radius 3 is 2.69 bits per heavy atom. The van der Waals surface area contributed by atoms with Gasteiger partial charge in [0.2, 0.25) is 0 Å². The molecule has 1 aliphatic heterocycles. The molecule has 0 N–H and O–H groups in total. The molecular formula is C13H17NO2. The predicted molar refractivity (Wildman–Crippen MR) is 62.9 cm³/mol. The fraction of sp³-hybridized carbons (Fsp3) is 0.462. The van der Waals surface area contributed by atoms with Gasteiger partial charge in [-0.25, -0.2) is 0 Å². The molecule has 0 radical (unpaired) electrons. The van der Waals surface area contributed by atoms with Gasteiger partial charge < -0.3 is 9.64 Å². The van der Waals surface area contributed by atoms with Gasteiger partial charge >= 0.3 is 0 Å². The second kappa shape index (κ2) is 4.56. The van der Waals surface area contributed by atoms with E-state index in [0.717, 1.165) is 42.8 Å². The van der Waals surface area contributed by atoms with E-state index in [1.165, 1.54) is 0 Å². The highest BCUT2D eigenvalue weighted by Gasteiger charge is 2.22. The van der Waals surface area contributed by atoms with Gasteiger partial charge in [0.15, 0.2) is 0 Å². The third kappa shape index (κ3) is 1.90. The number of hydrogen-bond acceptors (Lipinski definition) is 2. The van der Waals surface area contributed by atoms with E-state index in [2.05, 4.69) is 6.92 Å². The first-order chi connectivity index (χ1) is 7.76. The van der Waals surface area contributed by atoms with Crippen molar-refractivity contribution in [3.05, 3.63) is 29.3 Å². The summed E-state index contributed by atoms with van der Waals surface area (Å²) in [5.41, 5.74) is 1.87. The summed E-state index contributed by atoms with van der Waals surface area (Å²) < 4.78 is 5.29. The van der Waals surface area contributed by atoms with Gasteiger partial charge in [-0.15, -0.1) is 0 Å². The third-order valence-corrected chi connectivity index (χ3v) is 3.06. The fourth-order valence-electron chi connectivity index (χ4n) is 1.87. The molecule has 0 aromatic heterocycles. The maximum Gasteiger partial charge on any atom is 0.253 e. The minimum Gasteiger partial charge on any atom is -0.496 e. The van der Waals surface area contributed by atoms with Crippen molar-refractivity contribution in [1.29, 1.82) is 0 Å². The fourth-order valence-corrected chi connectivity index (χ4v) is 1.87. The quantitative estimate of drug-likeness (QED) is 0.779. The zero-order chi connectivity index (χ0) is 11.5. The van der Waals surface area contributed by atoms with Crippen LogP contribution in [0.25, 0.3) is 0 Å². The molecule has 0 spiro atoms. The van der Waals surface area contributed by atoms with Crippen LogP contribution in [0.3, 0.4) is 0 Å². The summed E-state index contributed by atoms with van der Waals surface area (Å²) in [7, 11) is 1.65. The molecule has 0 bridgehead atoms. The number of ether oxygens (including phenoxy) is 1. The Kier molecular flexibility index (Phi) is 3.13. The average molecular weight is 219 g/mol. The Labute approximate surface area is 96.0 Å². The van der Waals surface area contributed by atoms with Crippen molar-refractivity contribution in [2.24, 2.45) is 0 Å². The van der Waals surface area contributed by atoms with Crippen LogP contribution in [0, 0.1) is 0 Å². The van der Waals surface area contributed by atoms with Crippen molar-refractivity contribution in [3.63, 3.8) is 0 Å². The van der Waals surface area contributed by atoms with Crippen LogP contribution in [0.15, 0.2) is 18.2 Å². The van der Waals surface area contributed by atoms with Gasteiger partial charge in [0, 0.05) is 18.7 Å². The summed E-state index contributed by atoms with van der Waals surface area (Å²) in [6, 6.07) is 5.72. The standard InChI is InChI=1S/C13H17NO2/c1-3-10-5-6-11(9-12(10)16-2)13(15)14-7-4-8-14/h5-6,9H,3-4,7-8H2,1-2H3. The Bertz CT molecular complexity index is 397. The first-order valence-electron chi connectivity index (χ1n) is 5.72. The molecule has 0 aliphatic carbocycles. The van der Waals surface area contributed by atoms with Gasteiger partial charge in [0.05, 0.1) is 7.11 Å². The number of nitrogens with zero attached hydrogens (tertiary/aromatic N) is 1. The number of hydrogen-bond donors (Lipinski definition) is 0. The van der Waals surface area contributed by atoms with Crippen LogP contribution < -0.4 is 4.74 Å². The smallest absolute Gasteiger partial charge is 0.253 e. The van der Waals surface area contributed by atoms with E-state index in [9.17, 15) is 4.79 Å². The summed E-state index contributed by atoms with van der Waals surface area (Å²) in [6.07, 6.45) is 2.04. The number of rotatable bonds is 3. The normalized spacial score (nSPS) is 14.5. The maximum atomic E-state index is 12.0. The molecular weight excluding hydrogens is 202 g/mol. The van der Waals surface area contributed by atoms with E-state index in [1.54, 1.807) is 7.11 Å². The molecule has 3 nitrogen and oxygen atoms in total. The molecule has 2 rings (SSSR count). The van der Waals surface area contributed by atoms with Crippen LogP contribution in [0.1, 0.15) is 29.3 Å². The number of likely N-dealkylation sites (tertiary alicyclic amines) is 1. The summed E-state index contributed by atoms with van der Waals surface area (Å²) in [5.74, 6) is 0.932. The molecule has 3 heteroatoms. The Hall–Kier alpha value is -1.51. The van der Waals surface area contributed by atoms with Crippen LogP contribution in [0.4, 0.5) is 0 Å². The lowest BCUT2D eigenvalue weighted by Crippen LogP contribution is -2.42. The lowest BCUT2D eigenvalue weighted by molar-refractivity contribution is 0.0651. The second-order valence-corrected chi connectivity index (χ2v) is 4.03. The van der Waals surface area contributed by atoms with E-state index in [4.69, 9.17) is 4.74 Å². The van der Waals surface area contributed by atoms with Gasteiger partial charge in [-0.3, -0.25) is 4.79 Å². The van der Waals surface area contributed by atoms with Crippen LogP contribution in [0.5, 0.6) is 5.75 Å². The molecule has 0 atom stereocenters. The number of aryl methyl sites for hydroxylation is 1. The van der Waals surface area contributed by atoms with E-state index in [-0.39, 0.29) is 5.91 Å². The van der Waals surface area contributed by atoms with Crippen LogP contribution in [-0.4, -0.2) is 31.0 Å². The van der Waals surface area contributed by atoms with E-state index < -0.39 is 0 Å². The van der Waals surface area contributed by atoms with Gasteiger partial charge in [0.25, 0.3) is 5.91 Å². The van der Waals surface area contributed by atoms with Gasteiger partial charge in [-0.2, -0.15) is 0 Å². The molecule has 0 saturated carbocycles. The molecule has 16 heavy (non-hydrogen) atoms. The third-order valence-electron chi connectivity index (χ3n) is 3.06. The molecule has 1 aromatic rings.